The van der Waals surface area contributed by atoms with Crippen LogP contribution in [0.25, 0.3) is 0 Å². The van der Waals surface area contributed by atoms with Gasteiger partial charge in [0.2, 0.25) is 0 Å². The molecule has 0 bridgehead atoms. The standard InChI is InChI=1S/C10H24O3Si/c1-4-7-8-9-10-14(11,12-5-2)13-6-3/h11H,4-10H2,1-3H3. The summed E-state index contributed by atoms with van der Waals surface area (Å²) in [5.74, 6) is 0. The minimum absolute atomic E-state index is 0.538. The van der Waals surface area contributed by atoms with Crippen LogP contribution in [0.15, 0.2) is 0 Å². The number of hydrogen-bond donors (Lipinski definition) is 1. The van der Waals surface area contributed by atoms with Gasteiger partial charge in [0.1, 0.15) is 0 Å². The Bertz CT molecular complexity index is 125. The first-order chi connectivity index (χ1) is 6.68. The molecule has 0 aromatic rings. The van der Waals surface area contributed by atoms with Gasteiger partial charge in [-0.05, 0) is 20.3 Å². The van der Waals surface area contributed by atoms with Crippen LogP contribution >= 0.6 is 0 Å². The molecule has 0 saturated heterocycles. The maximum Gasteiger partial charge on any atom is 0.498 e. The third-order valence-corrected chi connectivity index (χ3v) is 4.55. The molecular weight excluding hydrogens is 196 g/mol. The van der Waals surface area contributed by atoms with Crippen molar-refractivity contribution in [3.63, 3.8) is 0 Å². The lowest BCUT2D eigenvalue weighted by Gasteiger charge is -2.22. The predicted molar refractivity (Wildman–Crippen MR) is 60.2 cm³/mol. The van der Waals surface area contributed by atoms with Gasteiger partial charge in [0.05, 0.1) is 0 Å². The smallest absolute Gasteiger partial charge is 0.390 e. The van der Waals surface area contributed by atoms with Gasteiger partial charge in [0, 0.05) is 19.3 Å². The van der Waals surface area contributed by atoms with Crippen LogP contribution in [-0.4, -0.2) is 26.8 Å². The molecule has 0 radical (unpaired) electrons. The summed E-state index contributed by atoms with van der Waals surface area (Å²) in [5, 5.41) is 0. The highest BCUT2D eigenvalue weighted by atomic mass is 28.4. The molecule has 0 aliphatic carbocycles. The van der Waals surface area contributed by atoms with Crippen molar-refractivity contribution < 1.29 is 13.6 Å². The van der Waals surface area contributed by atoms with E-state index in [2.05, 4.69) is 6.92 Å². The van der Waals surface area contributed by atoms with Crippen molar-refractivity contribution >= 4 is 8.80 Å². The van der Waals surface area contributed by atoms with E-state index in [0.29, 0.717) is 19.3 Å². The molecule has 0 amide bonds. The minimum Gasteiger partial charge on any atom is -0.390 e. The van der Waals surface area contributed by atoms with Gasteiger partial charge in [-0.25, -0.2) is 0 Å². The summed E-state index contributed by atoms with van der Waals surface area (Å²) < 4.78 is 10.6. The Morgan fingerprint density at radius 3 is 1.93 bits per heavy atom. The van der Waals surface area contributed by atoms with Crippen LogP contribution in [0, 0.1) is 0 Å². The van der Waals surface area contributed by atoms with Crippen LogP contribution in [0.1, 0.15) is 46.5 Å². The van der Waals surface area contributed by atoms with Crippen molar-refractivity contribution in [2.45, 2.75) is 52.5 Å². The summed E-state index contributed by atoms with van der Waals surface area (Å²) in [4.78, 5) is 10.0. The summed E-state index contributed by atoms with van der Waals surface area (Å²) in [7, 11) is -2.80. The Kier molecular flexibility index (Phi) is 8.47. The average Bonchev–Trinajstić information content (AvgIpc) is 2.13. The molecule has 0 aliphatic heterocycles. The van der Waals surface area contributed by atoms with Gasteiger partial charge in [0.25, 0.3) is 0 Å². The van der Waals surface area contributed by atoms with Gasteiger partial charge in [-0.2, -0.15) is 0 Å². The Morgan fingerprint density at radius 1 is 0.929 bits per heavy atom. The van der Waals surface area contributed by atoms with Gasteiger partial charge >= 0.3 is 8.80 Å². The van der Waals surface area contributed by atoms with E-state index >= 15 is 0 Å². The molecule has 0 atom stereocenters. The van der Waals surface area contributed by atoms with Gasteiger partial charge in [-0.1, -0.05) is 26.2 Å². The molecular formula is C10H24O3Si. The zero-order valence-corrected chi connectivity index (χ0v) is 10.7. The third kappa shape index (κ3) is 6.54. The monoisotopic (exact) mass is 220 g/mol. The maximum absolute atomic E-state index is 10.0. The van der Waals surface area contributed by atoms with E-state index in [4.69, 9.17) is 8.85 Å². The molecule has 3 nitrogen and oxygen atoms in total. The molecule has 0 aromatic carbocycles. The first-order valence-corrected chi connectivity index (χ1v) is 7.65. The molecule has 86 valence electrons. The van der Waals surface area contributed by atoms with E-state index in [9.17, 15) is 4.80 Å². The van der Waals surface area contributed by atoms with Crippen LogP contribution in [0.2, 0.25) is 6.04 Å². The summed E-state index contributed by atoms with van der Waals surface area (Å²) in [6, 6.07) is 0.703. The van der Waals surface area contributed by atoms with E-state index in [1.807, 2.05) is 13.8 Å². The highest BCUT2D eigenvalue weighted by Crippen LogP contribution is 2.15. The second-order valence-electron chi connectivity index (χ2n) is 3.39. The fraction of sp³-hybridized carbons (Fsp3) is 1.00. The minimum atomic E-state index is -2.80. The Hall–Kier alpha value is 0.0969. The lowest BCUT2D eigenvalue weighted by atomic mass is 10.2. The lowest BCUT2D eigenvalue weighted by molar-refractivity contribution is 0.107. The number of hydrogen-bond acceptors (Lipinski definition) is 3. The van der Waals surface area contributed by atoms with Crippen molar-refractivity contribution in [2.75, 3.05) is 13.2 Å². The fourth-order valence-corrected chi connectivity index (χ4v) is 3.38. The molecule has 0 spiro atoms. The Morgan fingerprint density at radius 2 is 1.50 bits per heavy atom. The van der Waals surface area contributed by atoms with Crippen molar-refractivity contribution in [1.29, 1.82) is 0 Å². The van der Waals surface area contributed by atoms with E-state index in [1.54, 1.807) is 0 Å². The first-order valence-electron chi connectivity index (χ1n) is 5.68. The zero-order valence-electron chi connectivity index (χ0n) is 9.71. The second-order valence-corrected chi connectivity index (χ2v) is 5.89. The number of unbranched alkanes of at least 4 members (excludes halogenated alkanes) is 3. The Balaban J connectivity index is 3.71. The van der Waals surface area contributed by atoms with Gasteiger partial charge in [-0.15, -0.1) is 0 Å². The lowest BCUT2D eigenvalue weighted by Crippen LogP contribution is -2.42. The molecule has 0 aromatic heterocycles. The second kappa shape index (κ2) is 8.41. The summed E-state index contributed by atoms with van der Waals surface area (Å²) in [6.45, 7) is 7.04. The van der Waals surface area contributed by atoms with E-state index in [1.165, 1.54) is 12.8 Å². The van der Waals surface area contributed by atoms with Crippen LogP contribution in [0.3, 0.4) is 0 Å². The topological polar surface area (TPSA) is 38.7 Å². The van der Waals surface area contributed by atoms with Gasteiger partial charge in [0.15, 0.2) is 0 Å². The van der Waals surface area contributed by atoms with Crippen molar-refractivity contribution in [3.8, 4) is 0 Å². The van der Waals surface area contributed by atoms with Crippen LogP contribution in [0.5, 0.6) is 0 Å². The molecule has 14 heavy (non-hydrogen) atoms. The highest BCUT2D eigenvalue weighted by Gasteiger charge is 2.35. The van der Waals surface area contributed by atoms with Crippen LogP contribution < -0.4 is 0 Å². The largest absolute Gasteiger partial charge is 0.498 e. The first kappa shape index (κ1) is 14.1. The van der Waals surface area contributed by atoms with Crippen molar-refractivity contribution in [2.24, 2.45) is 0 Å². The summed E-state index contributed by atoms with van der Waals surface area (Å²) >= 11 is 0. The quantitative estimate of drug-likeness (QED) is 0.479. The molecule has 0 fully saturated rings. The molecule has 0 saturated carbocycles. The SMILES string of the molecule is CCCCCC[Si](O)(OCC)OCC. The van der Waals surface area contributed by atoms with Crippen molar-refractivity contribution in [1.82, 2.24) is 0 Å². The van der Waals surface area contributed by atoms with Gasteiger partial charge in [-0.3, -0.25) is 0 Å². The fourth-order valence-electron chi connectivity index (χ4n) is 1.41. The maximum atomic E-state index is 10.0. The van der Waals surface area contributed by atoms with E-state index in [-0.39, 0.29) is 0 Å². The van der Waals surface area contributed by atoms with E-state index in [0.717, 1.165) is 12.8 Å². The average molecular weight is 220 g/mol. The van der Waals surface area contributed by atoms with Crippen LogP contribution in [-0.2, 0) is 8.85 Å². The molecule has 0 aliphatic rings. The van der Waals surface area contributed by atoms with Crippen molar-refractivity contribution in [3.05, 3.63) is 0 Å². The molecule has 0 unspecified atom stereocenters. The van der Waals surface area contributed by atoms with E-state index < -0.39 is 8.80 Å². The summed E-state index contributed by atoms with van der Waals surface area (Å²) in [6.07, 6.45) is 4.61. The number of rotatable bonds is 9. The summed E-state index contributed by atoms with van der Waals surface area (Å²) in [5.41, 5.74) is 0. The molecule has 1 N–H and O–H groups in total. The molecule has 4 heteroatoms. The normalized spacial score (nSPS) is 12.0. The molecule has 0 heterocycles. The zero-order chi connectivity index (χ0) is 10.9. The van der Waals surface area contributed by atoms with Crippen LogP contribution in [0.4, 0.5) is 0 Å². The highest BCUT2D eigenvalue weighted by molar-refractivity contribution is 6.59. The van der Waals surface area contributed by atoms with Gasteiger partial charge < -0.3 is 13.6 Å². The molecule has 0 rings (SSSR count). The third-order valence-electron chi connectivity index (χ3n) is 2.09. The Labute approximate surface area is 88.8 Å². The predicted octanol–water partition coefficient (Wildman–Crippen LogP) is 2.57.